The van der Waals surface area contributed by atoms with Gasteiger partial charge in [-0.15, -0.1) is 0 Å². The molecule has 5 rings (SSSR count). The minimum atomic E-state index is -1.03. The van der Waals surface area contributed by atoms with Gasteiger partial charge in [0.15, 0.2) is 12.2 Å². The van der Waals surface area contributed by atoms with Gasteiger partial charge in [0.25, 0.3) is 0 Å². The molecule has 37 heavy (non-hydrogen) atoms. The summed E-state index contributed by atoms with van der Waals surface area (Å²) in [5.41, 5.74) is 5.85. The van der Waals surface area contributed by atoms with E-state index in [0.29, 0.717) is 11.5 Å². The van der Waals surface area contributed by atoms with Crippen LogP contribution in [0.3, 0.4) is 0 Å². The zero-order valence-corrected chi connectivity index (χ0v) is 20.4. The minimum Gasteiger partial charge on any atom is -0.479 e. The van der Waals surface area contributed by atoms with E-state index < -0.39 is 29.6 Å². The number of fused-ring (bicyclic) bond motifs is 3. The van der Waals surface area contributed by atoms with Crippen molar-refractivity contribution in [3.63, 3.8) is 0 Å². The molecule has 4 aromatic carbocycles. The van der Waals surface area contributed by atoms with Crippen LogP contribution in [0.25, 0.3) is 11.1 Å². The first-order valence-corrected chi connectivity index (χ1v) is 12.0. The van der Waals surface area contributed by atoms with E-state index in [0.717, 1.165) is 33.4 Å². The Bertz CT molecular complexity index is 1340. The van der Waals surface area contributed by atoms with Gasteiger partial charge in [0, 0.05) is 0 Å². The van der Waals surface area contributed by atoms with Crippen LogP contribution in [0.15, 0.2) is 97.1 Å². The molecule has 0 spiro atoms. The van der Waals surface area contributed by atoms with E-state index in [1.165, 1.54) is 13.8 Å². The van der Waals surface area contributed by atoms with Crippen LogP contribution >= 0.6 is 0 Å². The fourth-order valence-electron chi connectivity index (χ4n) is 5.10. The lowest BCUT2D eigenvalue weighted by Crippen LogP contribution is -2.29. The third-order valence-electron chi connectivity index (χ3n) is 6.85. The SMILES string of the molecule is CC(Oc1ccc(C2(c3ccc(OC(C)C(=O)O)cc3)c3ccccc3-c3ccccc32)cc1)C(=O)O. The summed E-state index contributed by atoms with van der Waals surface area (Å²) in [6.07, 6.45) is -1.93. The highest BCUT2D eigenvalue weighted by molar-refractivity contribution is 5.86. The number of hydrogen-bond donors (Lipinski definition) is 2. The fourth-order valence-corrected chi connectivity index (χ4v) is 5.10. The maximum Gasteiger partial charge on any atom is 0.344 e. The normalized spacial score (nSPS) is 14.6. The predicted molar refractivity (Wildman–Crippen MR) is 139 cm³/mol. The van der Waals surface area contributed by atoms with Gasteiger partial charge in [0.1, 0.15) is 11.5 Å². The molecule has 0 aliphatic heterocycles. The van der Waals surface area contributed by atoms with E-state index in [1.807, 2.05) is 48.5 Å². The van der Waals surface area contributed by atoms with Crippen LogP contribution in [0.4, 0.5) is 0 Å². The molecular formula is C31H26O6. The van der Waals surface area contributed by atoms with E-state index in [1.54, 1.807) is 24.3 Å². The first-order valence-electron chi connectivity index (χ1n) is 12.0. The summed E-state index contributed by atoms with van der Waals surface area (Å²) in [6, 6.07) is 31.7. The molecule has 6 heteroatoms. The quantitative estimate of drug-likeness (QED) is 0.285. The highest BCUT2D eigenvalue weighted by Crippen LogP contribution is 2.56. The number of carboxylic acid groups (broad SMARTS) is 2. The number of ether oxygens (including phenoxy) is 2. The van der Waals surface area contributed by atoms with E-state index in [2.05, 4.69) is 24.3 Å². The van der Waals surface area contributed by atoms with Gasteiger partial charge in [0.05, 0.1) is 5.41 Å². The van der Waals surface area contributed by atoms with Gasteiger partial charge in [-0.3, -0.25) is 0 Å². The zero-order valence-electron chi connectivity index (χ0n) is 20.4. The van der Waals surface area contributed by atoms with E-state index >= 15 is 0 Å². The maximum absolute atomic E-state index is 11.3. The van der Waals surface area contributed by atoms with Crippen molar-refractivity contribution in [2.45, 2.75) is 31.5 Å². The van der Waals surface area contributed by atoms with Crippen LogP contribution in [0.5, 0.6) is 11.5 Å². The average Bonchev–Trinajstić information content (AvgIpc) is 3.21. The third kappa shape index (κ3) is 4.10. The zero-order chi connectivity index (χ0) is 26.2. The maximum atomic E-state index is 11.3. The first-order chi connectivity index (χ1) is 17.8. The number of aliphatic carboxylic acids is 2. The van der Waals surface area contributed by atoms with Gasteiger partial charge in [-0.2, -0.15) is 0 Å². The summed E-state index contributed by atoms with van der Waals surface area (Å²) in [7, 11) is 0. The number of benzene rings is 4. The van der Waals surface area contributed by atoms with Crippen LogP contribution in [-0.4, -0.2) is 34.4 Å². The van der Waals surface area contributed by atoms with Gasteiger partial charge in [0.2, 0.25) is 0 Å². The summed E-state index contributed by atoms with van der Waals surface area (Å²) < 4.78 is 11.2. The van der Waals surface area contributed by atoms with E-state index in [9.17, 15) is 19.8 Å². The average molecular weight is 495 g/mol. The summed E-state index contributed by atoms with van der Waals surface area (Å²) in [6.45, 7) is 2.99. The monoisotopic (exact) mass is 494 g/mol. The number of carboxylic acids is 2. The van der Waals surface area contributed by atoms with Crippen molar-refractivity contribution in [1.82, 2.24) is 0 Å². The lowest BCUT2D eigenvalue weighted by molar-refractivity contribution is -0.145. The van der Waals surface area contributed by atoms with Gasteiger partial charge in [-0.25, -0.2) is 9.59 Å². The molecular weight excluding hydrogens is 468 g/mol. The van der Waals surface area contributed by atoms with Crippen molar-refractivity contribution in [3.8, 4) is 22.6 Å². The molecule has 0 saturated heterocycles. The topological polar surface area (TPSA) is 93.1 Å². The van der Waals surface area contributed by atoms with Gasteiger partial charge >= 0.3 is 11.9 Å². The van der Waals surface area contributed by atoms with Crippen LogP contribution < -0.4 is 9.47 Å². The Labute approximate surface area is 214 Å². The molecule has 0 saturated carbocycles. The molecule has 6 nitrogen and oxygen atoms in total. The molecule has 1 aliphatic carbocycles. The Kier molecular flexibility index (Phi) is 6.17. The van der Waals surface area contributed by atoms with Crippen LogP contribution in [0.2, 0.25) is 0 Å². The molecule has 2 unspecified atom stereocenters. The Morgan fingerprint density at radius 1 is 0.595 bits per heavy atom. The molecule has 0 amide bonds. The third-order valence-corrected chi connectivity index (χ3v) is 6.85. The molecule has 2 N–H and O–H groups in total. The van der Waals surface area contributed by atoms with Crippen molar-refractivity contribution < 1.29 is 29.3 Å². The summed E-state index contributed by atoms with van der Waals surface area (Å²) in [5.74, 6) is -1.11. The molecule has 0 heterocycles. The van der Waals surface area contributed by atoms with E-state index in [4.69, 9.17) is 9.47 Å². The van der Waals surface area contributed by atoms with E-state index in [-0.39, 0.29) is 0 Å². The second-order valence-corrected chi connectivity index (χ2v) is 9.09. The smallest absolute Gasteiger partial charge is 0.344 e. The highest BCUT2D eigenvalue weighted by Gasteiger charge is 2.45. The van der Waals surface area contributed by atoms with Crippen molar-refractivity contribution in [2.24, 2.45) is 0 Å². The van der Waals surface area contributed by atoms with Gasteiger partial charge in [-0.1, -0.05) is 72.8 Å². The fraction of sp³-hybridized carbons (Fsp3) is 0.161. The van der Waals surface area contributed by atoms with Crippen LogP contribution in [0, 0.1) is 0 Å². The summed E-state index contributed by atoms with van der Waals surface area (Å²) >= 11 is 0. The predicted octanol–water partition coefficient (Wildman–Crippen LogP) is 5.75. The lowest BCUT2D eigenvalue weighted by atomic mass is 9.68. The van der Waals surface area contributed by atoms with Gasteiger partial charge < -0.3 is 19.7 Å². The largest absolute Gasteiger partial charge is 0.479 e. The molecule has 0 fully saturated rings. The second-order valence-electron chi connectivity index (χ2n) is 9.09. The Morgan fingerprint density at radius 3 is 1.30 bits per heavy atom. The standard InChI is InChI=1S/C31H26O6/c1-19(29(32)33)36-23-15-11-21(12-16-23)31(22-13-17-24(18-14-22)37-20(2)30(34)35)27-9-5-3-7-25(27)26-8-4-6-10-28(26)31/h3-20H,1-2H3,(H,32,33)(H,34,35). The lowest BCUT2D eigenvalue weighted by Gasteiger charge is -2.34. The van der Waals surface area contributed by atoms with Crippen LogP contribution in [-0.2, 0) is 15.0 Å². The minimum absolute atomic E-state index is 0.472. The summed E-state index contributed by atoms with van der Waals surface area (Å²) in [4.78, 5) is 22.5. The summed E-state index contributed by atoms with van der Waals surface area (Å²) in [5, 5.41) is 18.4. The van der Waals surface area contributed by atoms with Crippen molar-refractivity contribution in [2.75, 3.05) is 0 Å². The van der Waals surface area contributed by atoms with Crippen molar-refractivity contribution in [3.05, 3.63) is 119 Å². The molecule has 2 atom stereocenters. The molecule has 0 radical (unpaired) electrons. The second kappa shape index (κ2) is 9.47. The Morgan fingerprint density at radius 2 is 0.946 bits per heavy atom. The molecule has 4 aromatic rings. The molecule has 1 aliphatic rings. The number of rotatable bonds is 8. The molecule has 0 bridgehead atoms. The Hall–Kier alpha value is -4.58. The molecule has 186 valence electrons. The van der Waals surface area contributed by atoms with Gasteiger partial charge in [-0.05, 0) is 71.5 Å². The first kappa shape index (κ1) is 24.1. The van der Waals surface area contributed by atoms with Crippen molar-refractivity contribution in [1.29, 1.82) is 0 Å². The van der Waals surface area contributed by atoms with Crippen LogP contribution in [0.1, 0.15) is 36.1 Å². The number of carbonyl (C=O) groups is 2. The number of hydrogen-bond acceptors (Lipinski definition) is 4. The molecule has 0 aromatic heterocycles. The highest BCUT2D eigenvalue weighted by atomic mass is 16.5. The van der Waals surface area contributed by atoms with Crippen molar-refractivity contribution >= 4 is 11.9 Å². The Balaban J connectivity index is 1.68.